The number of hydrogen-bond donors (Lipinski definition) is 2. The summed E-state index contributed by atoms with van der Waals surface area (Å²) in [5.41, 5.74) is 6.45. The van der Waals surface area contributed by atoms with Gasteiger partial charge in [0.1, 0.15) is 11.9 Å². The maximum Gasteiger partial charge on any atom is 0.320 e. The van der Waals surface area contributed by atoms with Crippen molar-refractivity contribution in [1.82, 2.24) is 0 Å². The normalized spacial score (nSPS) is 12.5. The average Bonchev–Trinajstić information content (AvgIpc) is 2.11. The Bertz CT molecular complexity index is 352. The van der Waals surface area contributed by atoms with Crippen molar-refractivity contribution in [2.24, 2.45) is 5.73 Å². The first kappa shape index (κ1) is 10.7. The van der Waals surface area contributed by atoms with E-state index in [1.807, 2.05) is 0 Å². The lowest BCUT2D eigenvalue weighted by atomic mass is 10.0. The Morgan fingerprint density at radius 1 is 1.64 bits per heavy atom. The number of hydrogen-bond acceptors (Lipinski definition) is 2. The van der Waals surface area contributed by atoms with Crippen LogP contribution in [0.4, 0.5) is 4.39 Å². The van der Waals surface area contributed by atoms with Crippen molar-refractivity contribution < 1.29 is 14.3 Å². The number of carboxylic acid groups (broad SMARTS) is 1. The maximum atomic E-state index is 13.0. The van der Waals surface area contributed by atoms with Crippen molar-refractivity contribution in [2.45, 2.75) is 19.4 Å². The highest BCUT2D eigenvalue weighted by molar-refractivity contribution is 5.73. The summed E-state index contributed by atoms with van der Waals surface area (Å²) < 4.78 is 13.0. The fourth-order valence-corrected chi connectivity index (χ4v) is 1.10. The number of rotatable bonds is 3. The molecule has 0 radical (unpaired) electrons. The quantitative estimate of drug-likeness (QED) is 0.762. The van der Waals surface area contributed by atoms with Gasteiger partial charge in [0.2, 0.25) is 0 Å². The molecule has 76 valence electrons. The number of carboxylic acids is 1. The van der Waals surface area contributed by atoms with Crippen LogP contribution in [0.25, 0.3) is 0 Å². The zero-order valence-corrected chi connectivity index (χ0v) is 7.83. The van der Waals surface area contributed by atoms with Crippen LogP contribution < -0.4 is 5.73 Å². The summed E-state index contributed by atoms with van der Waals surface area (Å²) in [6.07, 6.45) is 0.145. The van der Waals surface area contributed by atoms with Gasteiger partial charge in [0.25, 0.3) is 0 Å². The second-order valence-corrected chi connectivity index (χ2v) is 3.23. The third-order valence-electron chi connectivity index (χ3n) is 2.01. The minimum atomic E-state index is -1.08. The van der Waals surface area contributed by atoms with Gasteiger partial charge in [0.15, 0.2) is 0 Å². The summed E-state index contributed by atoms with van der Waals surface area (Å²) in [6.45, 7) is 1.65. The van der Waals surface area contributed by atoms with E-state index in [0.717, 1.165) is 0 Å². The SMILES string of the molecule is Cc1ccc(CC(N)C(=O)O)cc1F. The Labute approximate surface area is 81.4 Å². The molecule has 1 atom stereocenters. The lowest BCUT2D eigenvalue weighted by Gasteiger charge is -2.06. The van der Waals surface area contributed by atoms with E-state index in [4.69, 9.17) is 10.8 Å². The predicted octanol–water partition coefficient (Wildman–Crippen LogP) is 1.09. The smallest absolute Gasteiger partial charge is 0.320 e. The molecule has 0 aliphatic rings. The van der Waals surface area contributed by atoms with E-state index in [1.165, 1.54) is 6.07 Å². The Balaban J connectivity index is 2.78. The Morgan fingerprint density at radius 3 is 2.79 bits per heavy atom. The monoisotopic (exact) mass is 197 g/mol. The number of aryl methyl sites for hydroxylation is 1. The van der Waals surface area contributed by atoms with Crippen molar-refractivity contribution in [1.29, 1.82) is 0 Å². The van der Waals surface area contributed by atoms with Gasteiger partial charge < -0.3 is 10.8 Å². The molecular weight excluding hydrogens is 185 g/mol. The van der Waals surface area contributed by atoms with Gasteiger partial charge in [-0.05, 0) is 30.5 Å². The minimum absolute atomic E-state index is 0.145. The number of halogens is 1. The summed E-state index contributed by atoms with van der Waals surface area (Å²) in [4.78, 5) is 10.4. The van der Waals surface area contributed by atoms with Gasteiger partial charge in [0, 0.05) is 0 Å². The van der Waals surface area contributed by atoms with Crippen LogP contribution in [-0.2, 0) is 11.2 Å². The molecule has 14 heavy (non-hydrogen) atoms. The summed E-state index contributed by atoms with van der Waals surface area (Å²) >= 11 is 0. The molecule has 0 aliphatic carbocycles. The Hall–Kier alpha value is -1.42. The zero-order valence-electron chi connectivity index (χ0n) is 7.83. The fraction of sp³-hybridized carbons (Fsp3) is 0.300. The highest BCUT2D eigenvalue weighted by atomic mass is 19.1. The van der Waals surface area contributed by atoms with Crippen LogP contribution in [-0.4, -0.2) is 17.1 Å². The molecule has 0 saturated carbocycles. The molecule has 4 heteroatoms. The van der Waals surface area contributed by atoms with E-state index in [9.17, 15) is 9.18 Å². The van der Waals surface area contributed by atoms with Crippen LogP contribution in [0.2, 0.25) is 0 Å². The standard InChI is InChI=1S/C10H12FNO2/c1-6-2-3-7(4-8(6)11)5-9(12)10(13)14/h2-4,9H,5,12H2,1H3,(H,13,14). The summed E-state index contributed by atoms with van der Waals surface area (Å²) in [5, 5.41) is 8.55. The molecule has 3 N–H and O–H groups in total. The summed E-state index contributed by atoms with van der Waals surface area (Å²) in [6, 6.07) is 3.63. The molecule has 0 aliphatic heterocycles. The van der Waals surface area contributed by atoms with E-state index in [1.54, 1.807) is 19.1 Å². The van der Waals surface area contributed by atoms with Crippen molar-refractivity contribution in [3.05, 3.63) is 35.1 Å². The molecule has 1 rings (SSSR count). The molecule has 1 aromatic rings. The zero-order chi connectivity index (χ0) is 10.7. The topological polar surface area (TPSA) is 63.3 Å². The number of benzene rings is 1. The molecular formula is C10H12FNO2. The van der Waals surface area contributed by atoms with Crippen LogP contribution in [0.5, 0.6) is 0 Å². The average molecular weight is 197 g/mol. The van der Waals surface area contributed by atoms with Gasteiger partial charge in [0.05, 0.1) is 0 Å². The van der Waals surface area contributed by atoms with Crippen molar-refractivity contribution >= 4 is 5.97 Å². The highest BCUT2D eigenvalue weighted by Crippen LogP contribution is 2.10. The van der Waals surface area contributed by atoms with E-state index < -0.39 is 12.0 Å². The lowest BCUT2D eigenvalue weighted by molar-refractivity contribution is -0.138. The molecule has 0 spiro atoms. The van der Waals surface area contributed by atoms with Gasteiger partial charge in [-0.25, -0.2) is 4.39 Å². The van der Waals surface area contributed by atoms with Crippen LogP contribution in [0.1, 0.15) is 11.1 Å². The Kier molecular flexibility index (Phi) is 3.19. The maximum absolute atomic E-state index is 13.0. The van der Waals surface area contributed by atoms with Gasteiger partial charge in [-0.1, -0.05) is 12.1 Å². The van der Waals surface area contributed by atoms with Crippen LogP contribution in [0.15, 0.2) is 18.2 Å². The second kappa shape index (κ2) is 4.19. The number of aliphatic carboxylic acids is 1. The fourth-order valence-electron chi connectivity index (χ4n) is 1.10. The van der Waals surface area contributed by atoms with Crippen LogP contribution in [0.3, 0.4) is 0 Å². The first-order valence-electron chi connectivity index (χ1n) is 4.24. The molecule has 0 heterocycles. The van der Waals surface area contributed by atoms with Gasteiger partial charge in [-0.15, -0.1) is 0 Å². The largest absolute Gasteiger partial charge is 0.480 e. The molecule has 3 nitrogen and oxygen atoms in total. The first-order valence-corrected chi connectivity index (χ1v) is 4.24. The Morgan fingerprint density at radius 2 is 2.29 bits per heavy atom. The molecule has 1 aromatic carbocycles. The van der Waals surface area contributed by atoms with Crippen molar-refractivity contribution in [2.75, 3.05) is 0 Å². The lowest BCUT2D eigenvalue weighted by Crippen LogP contribution is -2.32. The second-order valence-electron chi connectivity index (χ2n) is 3.23. The van der Waals surface area contributed by atoms with E-state index >= 15 is 0 Å². The van der Waals surface area contributed by atoms with Crippen molar-refractivity contribution in [3.63, 3.8) is 0 Å². The van der Waals surface area contributed by atoms with Gasteiger partial charge in [-0.2, -0.15) is 0 Å². The van der Waals surface area contributed by atoms with Crippen LogP contribution >= 0.6 is 0 Å². The summed E-state index contributed by atoms with van der Waals surface area (Å²) in [7, 11) is 0. The first-order chi connectivity index (χ1) is 6.50. The molecule has 0 fully saturated rings. The number of nitrogens with two attached hydrogens (primary N) is 1. The molecule has 0 amide bonds. The van der Waals surface area contributed by atoms with Gasteiger partial charge >= 0.3 is 5.97 Å². The van der Waals surface area contributed by atoms with E-state index in [2.05, 4.69) is 0 Å². The van der Waals surface area contributed by atoms with Crippen molar-refractivity contribution in [3.8, 4) is 0 Å². The highest BCUT2D eigenvalue weighted by Gasteiger charge is 2.12. The predicted molar refractivity (Wildman–Crippen MR) is 50.5 cm³/mol. The van der Waals surface area contributed by atoms with Crippen LogP contribution in [0, 0.1) is 12.7 Å². The third-order valence-corrected chi connectivity index (χ3v) is 2.01. The minimum Gasteiger partial charge on any atom is -0.480 e. The number of carbonyl (C=O) groups is 1. The molecule has 0 saturated heterocycles. The van der Waals surface area contributed by atoms with Gasteiger partial charge in [-0.3, -0.25) is 4.79 Å². The third kappa shape index (κ3) is 2.53. The van der Waals surface area contributed by atoms with E-state index in [0.29, 0.717) is 11.1 Å². The summed E-state index contributed by atoms with van der Waals surface area (Å²) in [5.74, 6) is -1.41. The molecule has 1 unspecified atom stereocenters. The molecule has 0 aromatic heterocycles. The molecule has 0 bridgehead atoms. The van der Waals surface area contributed by atoms with E-state index in [-0.39, 0.29) is 12.2 Å².